The van der Waals surface area contributed by atoms with Crippen molar-refractivity contribution in [3.05, 3.63) is 0 Å². The first-order valence-corrected chi connectivity index (χ1v) is 29.4. The van der Waals surface area contributed by atoms with E-state index in [1.165, 1.54) is 231 Å². The number of nitrogens with zero attached hydrogens (tertiary/aromatic N) is 1. The van der Waals surface area contributed by atoms with Crippen LogP contribution in [0.15, 0.2) is 0 Å². The Bertz CT molecular complexity index is 874. The van der Waals surface area contributed by atoms with Crippen LogP contribution < -0.4 is 11.1 Å². The molecule has 0 rings (SSSR count). The van der Waals surface area contributed by atoms with Gasteiger partial charge in [0.2, 0.25) is 0 Å². The first-order chi connectivity index (χ1) is 31.5. The summed E-state index contributed by atoms with van der Waals surface area (Å²) in [4.78, 5) is 43.0. The second kappa shape index (κ2) is 51.3. The zero-order valence-corrected chi connectivity index (χ0v) is 44.0. The van der Waals surface area contributed by atoms with Gasteiger partial charge in [0.05, 0.1) is 19.3 Å². The molecule has 0 radical (unpaired) electrons. The summed E-state index contributed by atoms with van der Waals surface area (Å²) in [7, 11) is 0. The van der Waals surface area contributed by atoms with Gasteiger partial charge in [-0.25, -0.2) is 14.4 Å². The molecule has 0 spiro atoms. The summed E-state index contributed by atoms with van der Waals surface area (Å²) in [6.07, 6.45) is 58.2. The summed E-state index contributed by atoms with van der Waals surface area (Å²) in [5.41, 5.74) is 5.80. The van der Waals surface area contributed by atoms with Crippen LogP contribution in [-0.4, -0.2) is 48.4 Å². The fourth-order valence-electron chi connectivity index (χ4n) is 9.78. The molecular formula is C58H116N3O3+. The highest BCUT2D eigenvalue weighted by Gasteiger charge is 2.49. The molecule has 3 N–H and O–H groups in total. The molecule has 0 unspecified atom stereocenters. The predicted octanol–water partition coefficient (Wildman–Crippen LogP) is 17.7. The monoisotopic (exact) mass is 903 g/mol. The van der Waals surface area contributed by atoms with Crippen molar-refractivity contribution in [3.63, 3.8) is 0 Å². The number of carbonyl (C=O) groups is 3. The van der Waals surface area contributed by atoms with E-state index in [2.05, 4.69) is 26.1 Å². The maximum absolute atomic E-state index is 14.3. The molecule has 0 aromatic heterocycles. The number of amides is 3. The minimum Gasteiger partial charge on any atom is -0.329 e. The van der Waals surface area contributed by atoms with Gasteiger partial charge in [-0.3, -0.25) is 0 Å². The molecule has 6 nitrogen and oxygen atoms in total. The Labute approximate surface area is 401 Å². The van der Waals surface area contributed by atoms with Crippen molar-refractivity contribution in [2.45, 2.75) is 329 Å². The van der Waals surface area contributed by atoms with Gasteiger partial charge in [0.1, 0.15) is 6.54 Å². The van der Waals surface area contributed by atoms with E-state index >= 15 is 0 Å². The molecule has 0 fully saturated rings. The van der Waals surface area contributed by atoms with Gasteiger partial charge in [-0.15, -0.1) is 4.48 Å². The van der Waals surface area contributed by atoms with Crippen molar-refractivity contribution in [3.8, 4) is 0 Å². The van der Waals surface area contributed by atoms with Crippen molar-refractivity contribution >= 4 is 17.7 Å². The van der Waals surface area contributed by atoms with E-state index in [1.54, 1.807) is 0 Å². The van der Waals surface area contributed by atoms with Crippen LogP contribution in [-0.2, 0) is 14.4 Å². The summed E-state index contributed by atoms with van der Waals surface area (Å²) in [5, 5.41) is 3.32. The smallest absolute Gasteiger partial charge is 0.328 e. The summed E-state index contributed by atoms with van der Waals surface area (Å²) in [6, 6.07) is 0. The molecule has 0 aromatic rings. The average molecular weight is 904 g/mol. The van der Waals surface area contributed by atoms with Gasteiger partial charge in [0, 0.05) is 19.6 Å². The van der Waals surface area contributed by atoms with Crippen molar-refractivity contribution < 1.29 is 18.9 Å². The summed E-state index contributed by atoms with van der Waals surface area (Å²) < 4.78 is -0.576. The molecule has 0 atom stereocenters. The number of rotatable bonds is 53. The molecular weight excluding hydrogens is 787 g/mol. The second-order valence-corrected chi connectivity index (χ2v) is 20.4. The van der Waals surface area contributed by atoms with E-state index < -0.39 is 4.48 Å². The largest absolute Gasteiger partial charge is 0.329 e. The Morgan fingerprint density at radius 1 is 0.297 bits per heavy atom. The third-order valence-electron chi connectivity index (χ3n) is 14.2. The maximum Gasteiger partial charge on any atom is 0.328 e. The fourth-order valence-corrected chi connectivity index (χ4v) is 9.78. The Morgan fingerprint density at radius 2 is 0.484 bits per heavy atom. The van der Waals surface area contributed by atoms with Crippen molar-refractivity contribution in [2.24, 2.45) is 5.73 Å². The molecule has 3 amide bonds. The molecule has 0 heterocycles. The quantitative estimate of drug-likeness (QED) is 0.0469. The summed E-state index contributed by atoms with van der Waals surface area (Å²) in [5.74, 6) is -0.455. The number of unbranched alkanes of at least 4 members (excludes halogenated alkanes) is 42. The highest BCUT2D eigenvalue weighted by atomic mass is 16.2. The second-order valence-electron chi connectivity index (χ2n) is 20.4. The van der Waals surface area contributed by atoms with E-state index in [4.69, 9.17) is 5.73 Å². The minimum absolute atomic E-state index is 0.152. The van der Waals surface area contributed by atoms with Gasteiger partial charge in [-0.1, -0.05) is 290 Å². The van der Waals surface area contributed by atoms with Crippen LogP contribution in [0, 0.1) is 0 Å². The normalized spacial score (nSPS) is 11.8. The molecule has 64 heavy (non-hydrogen) atoms. The molecule has 0 saturated heterocycles. The molecule has 0 saturated carbocycles. The highest BCUT2D eigenvalue weighted by Crippen LogP contribution is 2.24. The van der Waals surface area contributed by atoms with E-state index in [-0.39, 0.29) is 24.3 Å². The first-order valence-electron chi connectivity index (χ1n) is 29.4. The molecule has 0 aliphatic rings. The zero-order chi connectivity index (χ0) is 46.7. The number of quaternary nitrogens is 1. The summed E-state index contributed by atoms with van der Waals surface area (Å²) in [6.45, 7) is 8.64. The van der Waals surface area contributed by atoms with Crippen LogP contribution in [0.25, 0.3) is 0 Å². The molecule has 6 heteroatoms. The topological polar surface area (TPSA) is 89.3 Å². The van der Waals surface area contributed by atoms with Crippen LogP contribution in [0.3, 0.4) is 0 Å². The Kier molecular flexibility index (Phi) is 50.4. The van der Waals surface area contributed by atoms with E-state index in [0.29, 0.717) is 38.9 Å². The van der Waals surface area contributed by atoms with Crippen LogP contribution in [0.5, 0.6) is 0 Å². The van der Waals surface area contributed by atoms with Crippen LogP contribution in [0.4, 0.5) is 0 Å². The third-order valence-corrected chi connectivity index (χ3v) is 14.2. The van der Waals surface area contributed by atoms with Gasteiger partial charge in [0.25, 0.3) is 0 Å². The van der Waals surface area contributed by atoms with Crippen LogP contribution >= 0.6 is 0 Å². The van der Waals surface area contributed by atoms with Crippen molar-refractivity contribution in [1.82, 2.24) is 5.32 Å². The Morgan fingerprint density at radius 3 is 0.672 bits per heavy atom. The standard InChI is InChI=1S/C58H116N3O3/c1-4-7-10-13-16-19-22-25-28-31-34-37-40-43-46-49-56(62)61(55-54-60-53-52-59,57(63)50-47-44-41-38-35-32-29-26-23-20-17-14-11-8-5-2)58(64)51-48-45-42-39-36-33-30-27-24-21-18-15-12-9-6-3/h60H,4-55,59H2,1-3H3/q+1. The fraction of sp³-hybridized carbons (Fsp3) is 0.948. The van der Waals surface area contributed by atoms with Gasteiger partial charge in [0.15, 0.2) is 0 Å². The zero-order valence-electron chi connectivity index (χ0n) is 44.0. The molecule has 380 valence electrons. The average Bonchev–Trinajstić information content (AvgIpc) is 3.30. The molecule has 0 aromatic carbocycles. The minimum atomic E-state index is -0.576. The van der Waals surface area contributed by atoms with Gasteiger partial charge in [-0.05, 0) is 19.3 Å². The SMILES string of the molecule is CCCCCCCCCCCCCCCCCC(=O)[N+](CCNCCN)(C(=O)CCCCCCCCCCCCCCCCC)C(=O)CCCCCCCCCCCCCCCCC. The predicted molar refractivity (Wildman–Crippen MR) is 281 cm³/mol. The summed E-state index contributed by atoms with van der Waals surface area (Å²) >= 11 is 0. The van der Waals surface area contributed by atoms with E-state index in [9.17, 15) is 14.4 Å². The van der Waals surface area contributed by atoms with E-state index in [1.807, 2.05) is 0 Å². The highest BCUT2D eigenvalue weighted by molar-refractivity contribution is 5.97. The molecule has 0 aliphatic heterocycles. The maximum atomic E-state index is 14.3. The Balaban J connectivity index is 4.99. The third kappa shape index (κ3) is 38.9. The van der Waals surface area contributed by atoms with Crippen molar-refractivity contribution in [2.75, 3.05) is 26.2 Å². The Hall–Kier alpha value is -1.11. The van der Waals surface area contributed by atoms with E-state index in [0.717, 1.165) is 57.8 Å². The first kappa shape index (κ1) is 62.9. The lowest BCUT2D eigenvalue weighted by Gasteiger charge is -2.31. The number of hydrogen-bond donors (Lipinski definition) is 2. The lowest BCUT2D eigenvalue weighted by molar-refractivity contribution is -0.703. The van der Waals surface area contributed by atoms with Crippen LogP contribution in [0.2, 0.25) is 0 Å². The van der Waals surface area contributed by atoms with Gasteiger partial charge >= 0.3 is 17.7 Å². The van der Waals surface area contributed by atoms with Crippen molar-refractivity contribution in [1.29, 1.82) is 0 Å². The number of hydrogen-bond acceptors (Lipinski definition) is 5. The lowest BCUT2D eigenvalue weighted by atomic mass is 10.0. The number of imide groups is 3. The van der Waals surface area contributed by atoms with Gasteiger partial charge in [-0.2, -0.15) is 0 Å². The number of carbonyl (C=O) groups excluding carboxylic acids is 3. The van der Waals surface area contributed by atoms with Gasteiger partial charge < -0.3 is 11.1 Å². The number of nitrogens with two attached hydrogens (primary N) is 1. The molecule has 0 bridgehead atoms. The van der Waals surface area contributed by atoms with Crippen LogP contribution in [0.1, 0.15) is 329 Å². The number of nitrogens with one attached hydrogen (secondary N) is 1. The lowest BCUT2D eigenvalue weighted by Crippen LogP contribution is -2.63. The molecule has 0 aliphatic carbocycles.